The second-order valence-corrected chi connectivity index (χ2v) is 5.96. The molecule has 1 fully saturated rings. The molecule has 0 spiro atoms. The van der Waals surface area contributed by atoms with E-state index in [0.717, 1.165) is 30.1 Å². The number of nitrogens with zero attached hydrogens (tertiary/aromatic N) is 1. The number of likely N-dealkylation sites (tertiary alicyclic amines) is 1. The summed E-state index contributed by atoms with van der Waals surface area (Å²) in [4.78, 5) is 2.41. The van der Waals surface area contributed by atoms with Gasteiger partial charge in [0.1, 0.15) is 5.75 Å². The molecule has 1 saturated heterocycles. The van der Waals surface area contributed by atoms with Crippen molar-refractivity contribution in [3.63, 3.8) is 0 Å². The van der Waals surface area contributed by atoms with Crippen molar-refractivity contribution in [3.8, 4) is 5.75 Å². The monoisotopic (exact) mass is 262 g/mol. The van der Waals surface area contributed by atoms with Gasteiger partial charge in [-0.2, -0.15) is 0 Å². The van der Waals surface area contributed by atoms with Crippen molar-refractivity contribution in [1.29, 1.82) is 0 Å². The molecule has 3 heteroatoms. The van der Waals surface area contributed by atoms with Gasteiger partial charge in [0.15, 0.2) is 0 Å². The highest BCUT2D eigenvalue weighted by atomic mass is 16.3. The number of hydrogen-bond donors (Lipinski definition) is 2. The maximum atomic E-state index is 9.76. The van der Waals surface area contributed by atoms with Gasteiger partial charge in [0, 0.05) is 6.54 Å². The van der Waals surface area contributed by atoms with Crippen LogP contribution >= 0.6 is 0 Å². The van der Waals surface area contributed by atoms with Gasteiger partial charge in [-0.1, -0.05) is 12.1 Å². The zero-order valence-corrected chi connectivity index (χ0v) is 12.4. The van der Waals surface area contributed by atoms with Crippen LogP contribution in [0.3, 0.4) is 0 Å². The van der Waals surface area contributed by atoms with Gasteiger partial charge in [-0.05, 0) is 76.0 Å². The number of aromatic hydroxyl groups is 1. The first-order chi connectivity index (χ1) is 9.06. The fraction of sp³-hybridized carbons (Fsp3) is 0.625. The van der Waals surface area contributed by atoms with Crippen molar-refractivity contribution in [2.24, 2.45) is 5.92 Å². The molecule has 0 bridgehead atoms. The molecule has 1 aromatic carbocycles. The molecular formula is C16H26N2O. The average molecular weight is 262 g/mol. The van der Waals surface area contributed by atoms with E-state index in [1.807, 2.05) is 13.8 Å². The van der Waals surface area contributed by atoms with Crippen molar-refractivity contribution >= 4 is 0 Å². The van der Waals surface area contributed by atoms with E-state index < -0.39 is 0 Å². The van der Waals surface area contributed by atoms with Gasteiger partial charge in [0.05, 0.1) is 0 Å². The Bertz CT molecular complexity index is 400. The molecule has 3 nitrogen and oxygen atoms in total. The molecule has 19 heavy (non-hydrogen) atoms. The Morgan fingerprint density at radius 1 is 1.21 bits per heavy atom. The zero-order valence-electron chi connectivity index (χ0n) is 12.4. The second-order valence-electron chi connectivity index (χ2n) is 5.96. The smallest absolute Gasteiger partial charge is 0.121 e. The fourth-order valence-corrected chi connectivity index (χ4v) is 2.83. The molecule has 2 rings (SSSR count). The van der Waals surface area contributed by atoms with E-state index in [9.17, 15) is 5.11 Å². The van der Waals surface area contributed by atoms with Gasteiger partial charge in [0.2, 0.25) is 0 Å². The highest BCUT2D eigenvalue weighted by Crippen LogP contribution is 2.23. The van der Waals surface area contributed by atoms with Crippen LogP contribution in [-0.2, 0) is 6.54 Å². The predicted octanol–water partition coefficient (Wildman–Crippen LogP) is 2.44. The molecule has 1 aromatic rings. The summed E-state index contributed by atoms with van der Waals surface area (Å²) in [7, 11) is 2.20. The third-order valence-corrected chi connectivity index (χ3v) is 4.15. The van der Waals surface area contributed by atoms with Gasteiger partial charge in [0.25, 0.3) is 0 Å². The minimum atomic E-state index is 0.430. The molecule has 1 heterocycles. The molecular weight excluding hydrogens is 236 g/mol. The number of benzene rings is 1. The number of phenols is 1. The molecule has 0 unspecified atom stereocenters. The van der Waals surface area contributed by atoms with Crippen molar-refractivity contribution in [2.45, 2.75) is 33.2 Å². The number of nitrogens with one attached hydrogen (secondary N) is 1. The van der Waals surface area contributed by atoms with Crippen molar-refractivity contribution in [1.82, 2.24) is 10.2 Å². The Hall–Kier alpha value is -1.06. The summed E-state index contributed by atoms with van der Waals surface area (Å²) >= 11 is 0. The third kappa shape index (κ3) is 3.95. The number of phenolic OH excluding ortho intramolecular Hbond substituents is 1. The second kappa shape index (κ2) is 6.40. The summed E-state index contributed by atoms with van der Waals surface area (Å²) in [6.07, 6.45) is 2.61. The minimum Gasteiger partial charge on any atom is -0.507 e. The van der Waals surface area contributed by atoms with Crippen molar-refractivity contribution in [3.05, 3.63) is 28.8 Å². The van der Waals surface area contributed by atoms with Crippen LogP contribution in [0.25, 0.3) is 0 Å². The maximum Gasteiger partial charge on any atom is 0.121 e. The van der Waals surface area contributed by atoms with Gasteiger partial charge in [-0.3, -0.25) is 0 Å². The van der Waals surface area contributed by atoms with E-state index in [2.05, 4.69) is 29.4 Å². The van der Waals surface area contributed by atoms with Crippen LogP contribution < -0.4 is 5.32 Å². The zero-order chi connectivity index (χ0) is 13.8. The number of hydrogen-bond acceptors (Lipinski definition) is 3. The molecule has 0 amide bonds. The number of aryl methyl sites for hydroxylation is 2. The van der Waals surface area contributed by atoms with Gasteiger partial charge >= 0.3 is 0 Å². The molecule has 2 N–H and O–H groups in total. The lowest BCUT2D eigenvalue weighted by Gasteiger charge is -2.29. The van der Waals surface area contributed by atoms with Crippen LogP contribution in [0.4, 0.5) is 0 Å². The van der Waals surface area contributed by atoms with E-state index in [4.69, 9.17) is 0 Å². The highest BCUT2D eigenvalue weighted by Gasteiger charge is 2.15. The van der Waals surface area contributed by atoms with E-state index in [0.29, 0.717) is 5.75 Å². The normalized spacial score (nSPS) is 17.8. The van der Waals surface area contributed by atoms with Crippen LogP contribution in [0, 0.1) is 19.8 Å². The number of rotatable bonds is 4. The molecule has 0 saturated carbocycles. The van der Waals surface area contributed by atoms with Gasteiger partial charge in [-0.15, -0.1) is 0 Å². The maximum absolute atomic E-state index is 9.76. The summed E-state index contributed by atoms with van der Waals surface area (Å²) < 4.78 is 0. The Labute approximate surface area is 116 Å². The molecule has 0 radical (unpaired) electrons. The van der Waals surface area contributed by atoms with Crippen LogP contribution in [0.2, 0.25) is 0 Å². The third-order valence-electron chi connectivity index (χ3n) is 4.15. The van der Waals surface area contributed by atoms with E-state index >= 15 is 0 Å². The van der Waals surface area contributed by atoms with Gasteiger partial charge < -0.3 is 15.3 Å². The lowest BCUT2D eigenvalue weighted by Crippen LogP contribution is -2.34. The molecule has 0 aliphatic carbocycles. The van der Waals surface area contributed by atoms with Crippen LogP contribution in [0.1, 0.15) is 29.5 Å². The summed E-state index contributed by atoms with van der Waals surface area (Å²) in [6.45, 7) is 8.38. The minimum absolute atomic E-state index is 0.430. The standard InChI is InChI=1S/C16H26N2O/c1-12-8-15(9-13(2)16(12)19)11-17-10-14-4-6-18(3)7-5-14/h8-9,14,17,19H,4-7,10-11H2,1-3H3. The first kappa shape index (κ1) is 14.4. The van der Waals surface area contributed by atoms with E-state index in [-0.39, 0.29) is 0 Å². The first-order valence-electron chi connectivity index (χ1n) is 7.24. The predicted molar refractivity (Wildman–Crippen MR) is 79.5 cm³/mol. The molecule has 1 aliphatic rings. The van der Waals surface area contributed by atoms with Gasteiger partial charge in [-0.25, -0.2) is 0 Å². The highest BCUT2D eigenvalue weighted by molar-refractivity contribution is 5.42. The average Bonchev–Trinajstić information content (AvgIpc) is 2.38. The fourth-order valence-electron chi connectivity index (χ4n) is 2.83. The van der Waals surface area contributed by atoms with Crippen LogP contribution in [-0.4, -0.2) is 36.7 Å². The number of piperidine rings is 1. The van der Waals surface area contributed by atoms with E-state index in [1.165, 1.54) is 31.5 Å². The lowest BCUT2D eigenvalue weighted by atomic mass is 9.97. The van der Waals surface area contributed by atoms with Crippen molar-refractivity contribution in [2.75, 3.05) is 26.7 Å². The van der Waals surface area contributed by atoms with Crippen molar-refractivity contribution < 1.29 is 5.11 Å². The molecule has 1 aliphatic heterocycles. The Morgan fingerprint density at radius 3 is 2.37 bits per heavy atom. The summed E-state index contributed by atoms with van der Waals surface area (Å²) in [5.74, 6) is 1.24. The Kier molecular flexibility index (Phi) is 4.83. The lowest BCUT2D eigenvalue weighted by molar-refractivity contribution is 0.216. The molecule has 0 aromatic heterocycles. The Morgan fingerprint density at radius 2 is 1.79 bits per heavy atom. The molecule has 106 valence electrons. The largest absolute Gasteiger partial charge is 0.507 e. The van der Waals surface area contributed by atoms with Crippen LogP contribution in [0.5, 0.6) is 5.75 Å². The summed E-state index contributed by atoms with van der Waals surface area (Å²) in [6, 6.07) is 4.15. The Balaban J connectivity index is 1.79. The summed E-state index contributed by atoms with van der Waals surface area (Å²) in [5.41, 5.74) is 3.20. The SMILES string of the molecule is Cc1cc(CNCC2CCN(C)CC2)cc(C)c1O. The topological polar surface area (TPSA) is 35.5 Å². The first-order valence-corrected chi connectivity index (χ1v) is 7.24. The van der Waals surface area contributed by atoms with Crippen LogP contribution in [0.15, 0.2) is 12.1 Å². The van der Waals surface area contributed by atoms with E-state index in [1.54, 1.807) is 0 Å². The summed E-state index contributed by atoms with van der Waals surface area (Å²) in [5, 5.41) is 13.3. The molecule has 0 atom stereocenters. The quantitative estimate of drug-likeness (QED) is 0.875.